The number of urea groups is 2. The van der Waals surface area contributed by atoms with Crippen LogP contribution >= 0.6 is 44.3 Å². The van der Waals surface area contributed by atoms with Crippen molar-refractivity contribution in [2.75, 3.05) is 74.5 Å². The third-order valence-electron chi connectivity index (χ3n) is 14.3. The normalized spacial score (nSPS) is 15.8. The number of nitrogens with one attached hydrogen (secondary N) is 4. The van der Waals surface area contributed by atoms with Crippen molar-refractivity contribution in [3.05, 3.63) is 132 Å². The van der Waals surface area contributed by atoms with E-state index in [-0.39, 0.29) is 47.5 Å². The summed E-state index contributed by atoms with van der Waals surface area (Å²) in [6.45, 7) is 6.90. The number of benzene rings is 2. The van der Waals surface area contributed by atoms with Gasteiger partial charge in [0, 0.05) is 138 Å². The van der Waals surface area contributed by atoms with Crippen LogP contribution in [0.5, 0.6) is 23.0 Å². The lowest BCUT2D eigenvalue weighted by Gasteiger charge is -2.35. The van der Waals surface area contributed by atoms with Crippen LogP contribution in [-0.2, 0) is 22.7 Å². The fourth-order valence-corrected chi connectivity index (χ4v) is 13.4. The van der Waals surface area contributed by atoms with Gasteiger partial charge < -0.3 is 40.5 Å². The summed E-state index contributed by atoms with van der Waals surface area (Å²) < 4.78 is 43.8. The van der Waals surface area contributed by atoms with E-state index in [1.165, 1.54) is 68.5 Å². The molecule has 0 unspecified atom stereocenters. The first-order chi connectivity index (χ1) is 40.0. The standard InChI is InChI=1S/C58H56F2N12O6S4/c59-41-25-39(67-57(75)65-37-3-4-37)7-11-47(41)77-49-13-15-61-45-27-51(81-55(45)49)43-9-1-35(29-63-43)31-69-17-21-71(22-18-69)53(73)33-79-80-34-54(74)72-23-19-70(20-24-72)32-36-2-10-44(64-30-36)52-28-46-56(82-52)50(14-16-62-46)78-48-12-8-40(26-42(48)60)68-58(76)66-38-5-6-38/h1-2,7-16,25-30,37-38H,3-6,17-24,31-34H2,(H2,65,67,75)(H2,66,68,76). The first kappa shape index (κ1) is 55.1. The van der Waals surface area contributed by atoms with Crippen molar-refractivity contribution in [1.82, 2.24) is 50.2 Å². The third kappa shape index (κ3) is 13.9. The lowest BCUT2D eigenvalue weighted by atomic mass is 10.2. The number of nitrogens with zero attached hydrogens (tertiary/aromatic N) is 8. The molecule has 18 nitrogen and oxygen atoms in total. The molecule has 8 heterocycles. The molecule has 4 N–H and O–H groups in total. The zero-order chi connectivity index (χ0) is 56.1. The van der Waals surface area contributed by atoms with Crippen LogP contribution in [0.15, 0.2) is 110 Å². The van der Waals surface area contributed by atoms with Gasteiger partial charge in [-0.05, 0) is 85.3 Å². The highest BCUT2D eigenvalue weighted by Crippen LogP contribution is 2.41. The number of piperazine rings is 2. The van der Waals surface area contributed by atoms with E-state index in [1.54, 1.807) is 36.7 Å². The highest BCUT2D eigenvalue weighted by atomic mass is 33.1. The van der Waals surface area contributed by atoms with Gasteiger partial charge in [0.15, 0.2) is 23.1 Å². The molecule has 0 radical (unpaired) electrons. The second kappa shape index (κ2) is 24.9. The van der Waals surface area contributed by atoms with Crippen LogP contribution in [-0.4, -0.2) is 139 Å². The average Bonchev–Trinajstić information content (AvgIpc) is 4.39. The molecule has 12 rings (SSSR count). The molecule has 0 bridgehead atoms. The maximum absolute atomic E-state index is 15.1. The molecule has 6 amide bonds. The number of anilines is 2. The van der Waals surface area contributed by atoms with E-state index >= 15 is 8.78 Å². The summed E-state index contributed by atoms with van der Waals surface area (Å²) in [5.74, 6) is 0.558. The number of carbonyl (C=O) groups excluding carboxylic acids is 4. The molecular formula is C58H56F2N12O6S4. The molecule has 24 heteroatoms. The van der Waals surface area contributed by atoms with Gasteiger partial charge in [0.25, 0.3) is 0 Å². The van der Waals surface area contributed by atoms with Crippen LogP contribution in [0.1, 0.15) is 36.8 Å². The van der Waals surface area contributed by atoms with E-state index < -0.39 is 11.6 Å². The largest absolute Gasteiger partial charge is 0.453 e. The Bertz CT molecular complexity index is 3410. The monoisotopic (exact) mass is 1180 g/mol. The van der Waals surface area contributed by atoms with Crippen molar-refractivity contribution in [2.24, 2.45) is 0 Å². The fraction of sp³-hybridized carbons (Fsp3) is 0.310. The quantitative estimate of drug-likeness (QED) is 0.0440. The number of carbonyl (C=O) groups is 4. The Balaban J connectivity index is 0.538. The smallest absolute Gasteiger partial charge is 0.319 e. The molecule has 8 aromatic rings. The molecule has 2 saturated carbocycles. The van der Waals surface area contributed by atoms with Crippen LogP contribution in [0.4, 0.5) is 29.7 Å². The van der Waals surface area contributed by atoms with Gasteiger partial charge in [0.1, 0.15) is 11.5 Å². The van der Waals surface area contributed by atoms with Crippen LogP contribution in [0.2, 0.25) is 0 Å². The number of amides is 6. The summed E-state index contributed by atoms with van der Waals surface area (Å²) in [5.41, 5.74) is 5.77. The van der Waals surface area contributed by atoms with Crippen LogP contribution < -0.4 is 30.7 Å². The molecule has 2 aliphatic carbocycles. The molecular weight excluding hydrogens is 1130 g/mol. The molecule has 0 atom stereocenters. The number of hydrogen-bond donors (Lipinski definition) is 4. The van der Waals surface area contributed by atoms with Crippen molar-refractivity contribution >= 4 is 99.9 Å². The maximum atomic E-state index is 15.1. The molecule has 422 valence electrons. The summed E-state index contributed by atoms with van der Waals surface area (Å²) in [5, 5.41) is 11.0. The minimum atomic E-state index is -0.601. The maximum Gasteiger partial charge on any atom is 0.319 e. The van der Waals surface area contributed by atoms with E-state index in [4.69, 9.17) is 19.4 Å². The van der Waals surface area contributed by atoms with Gasteiger partial charge in [0.05, 0.1) is 53.1 Å². The highest BCUT2D eigenvalue weighted by Gasteiger charge is 2.27. The summed E-state index contributed by atoms with van der Waals surface area (Å²) in [6, 6.07) is 23.7. The predicted octanol–water partition coefficient (Wildman–Crippen LogP) is 10.8. The van der Waals surface area contributed by atoms with Gasteiger partial charge in [-0.25, -0.2) is 18.4 Å². The number of pyridine rings is 4. The number of halogens is 2. The summed E-state index contributed by atoms with van der Waals surface area (Å²) in [4.78, 5) is 79.4. The van der Waals surface area contributed by atoms with Gasteiger partial charge in [0.2, 0.25) is 11.8 Å². The zero-order valence-corrected chi connectivity index (χ0v) is 47.5. The van der Waals surface area contributed by atoms with Gasteiger partial charge in [-0.3, -0.25) is 39.3 Å². The molecule has 2 saturated heterocycles. The van der Waals surface area contributed by atoms with Crippen molar-refractivity contribution < 1.29 is 37.4 Å². The lowest BCUT2D eigenvalue weighted by Crippen LogP contribution is -2.49. The fourth-order valence-electron chi connectivity index (χ4n) is 9.48. The van der Waals surface area contributed by atoms with Crippen molar-refractivity contribution in [3.8, 4) is 44.1 Å². The number of rotatable bonds is 19. The third-order valence-corrected chi connectivity index (χ3v) is 18.7. The predicted molar refractivity (Wildman–Crippen MR) is 318 cm³/mol. The number of aromatic nitrogens is 4. The second-order valence-corrected chi connectivity index (χ2v) is 25.0. The minimum Gasteiger partial charge on any atom is -0.453 e. The van der Waals surface area contributed by atoms with Crippen LogP contribution in [0.3, 0.4) is 0 Å². The summed E-state index contributed by atoms with van der Waals surface area (Å²) in [7, 11) is 2.86. The Morgan fingerprint density at radius 2 is 0.951 bits per heavy atom. The van der Waals surface area contributed by atoms with Crippen molar-refractivity contribution in [1.29, 1.82) is 0 Å². The number of thiophene rings is 2. The molecule has 6 aromatic heterocycles. The summed E-state index contributed by atoms with van der Waals surface area (Å²) in [6.07, 6.45) is 10.8. The van der Waals surface area contributed by atoms with E-state index in [0.717, 1.165) is 93.5 Å². The molecule has 2 aromatic carbocycles. The lowest BCUT2D eigenvalue weighted by molar-refractivity contribution is -0.131. The van der Waals surface area contributed by atoms with Gasteiger partial charge in [-0.1, -0.05) is 33.7 Å². The van der Waals surface area contributed by atoms with Crippen molar-refractivity contribution in [3.63, 3.8) is 0 Å². The molecule has 0 spiro atoms. The Morgan fingerprint density at radius 1 is 0.524 bits per heavy atom. The van der Waals surface area contributed by atoms with E-state index in [2.05, 4.69) is 53.2 Å². The summed E-state index contributed by atoms with van der Waals surface area (Å²) >= 11 is 2.92. The average molecular weight is 1180 g/mol. The second-order valence-electron chi connectivity index (χ2n) is 20.4. The van der Waals surface area contributed by atoms with E-state index in [9.17, 15) is 19.2 Å². The molecule has 82 heavy (non-hydrogen) atoms. The van der Waals surface area contributed by atoms with Crippen molar-refractivity contribution in [2.45, 2.75) is 50.9 Å². The topological polar surface area (TPSA) is 199 Å². The molecule has 4 aliphatic rings. The van der Waals surface area contributed by atoms with E-state index in [0.29, 0.717) is 84.7 Å². The first-order valence-electron chi connectivity index (χ1n) is 27.0. The Morgan fingerprint density at radius 3 is 1.33 bits per heavy atom. The number of fused-ring (bicyclic) bond motifs is 2. The Kier molecular flexibility index (Phi) is 16.7. The minimum absolute atomic E-state index is 0.0327. The number of ether oxygens (including phenoxy) is 2. The first-order valence-corrected chi connectivity index (χ1v) is 31.1. The zero-order valence-electron chi connectivity index (χ0n) is 44.3. The van der Waals surface area contributed by atoms with E-state index in [1.807, 2.05) is 46.5 Å². The van der Waals surface area contributed by atoms with Gasteiger partial charge >= 0.3 is 12.1 Å². The van der Waals surface area contributed by atoms with Gasteiger partial charge in [-0.2, -0.15) is 0 Å². The van der Waals surface area contributed by atoms with Crippen LogP contribution in [0, 0.1) is 11.6 Å². The van der Waals surface area contributed by atoms with Gasteiger partial charge in [-0.15, -0.1) is 22.7 Å². The Hall–Kier alpha value is -7.48. The number of hydrogen-bond acceptors (Lipinski definition) is 16. The molecule has 4 fully saturated rings. The Labute approximate surface area is 486 Å². The SMILES string of the molecule is O=C(Nc1ccc(Oc2ccnc3cc(-c4ccc(CN5CCN(C(=O)CSSCC(=O)N6CCN(Cc7ccc(-c8cc9nccc(Oc%10ccc(NC(=O)NC%11CC%11)cc%10F)c9s8)nc7)CC6)CC5)cn4)sc23)c(F)c1)NC1CC1. The highest BCUT2D eigenvalue weighted by molar-refractivity contribution is 8.77. The van der Waals surface area contributed by atoms with Crippen LogP contribution in [0.25, 0.3) is 41.6 Å². The molecule has 2 aliphatic heterocycles.